The molecule has 0 aliphatic heterocycles. The van der Waals surface area contributed by atoms with E-state index in [1.807, 2.05) is 0 Å². The highest BCUT2D eigenvalue weighted by Crippen LogP contribution is 2.38. The zero-order chi connectivity index (χ0) is 29.5. The minimum absolute atomic E-state index is 0.179. The molecule has 3 rings (SSSR count). The average Bonchev–Trinajstić information content (AvgIpc) is 3.19. The smallest absolute Gasteiger partial charge is 0.490 e. The van der Waals surface area contributed by atoms with Gasteiger partial charge in [0.1, 0.15) is 18.1 Å². The first-order valence-corrected chi connectivity index (χ1v) is 11.0. The van der Waals surface area contributed by atoms with Crippen LogP contribution in [0.1, 0.15) is 15.9 Å². The molecule has 0 saturated heterocycles. The Balaban J connectivity index is 0.000000673. The molecular formula is C23H21ClF6N4O5. The molecule has 0 aliphatic carbocycles. The van der Waals surface area contributed by atoms with Crippen LogP contribution in [0.2, 0.25) is 5.02 Å². The Labute approximate surface area is 222 Å². The topological polar surface area (TPSA) is 129 Å². The van der Waals surface area contributed by atoms with E-state index in [0.717, 1.165) is 19.2 Å². The molecule has 0 bridgehead atoms. The van der Waals surface area contributed by atoms with Gasteiger partial charge in [-0.15, -0.1) is 0 Å². The van der Waals surface area contributed by atoms with E-state index in [1.165, 1.54) is 16.9 Å². The summed E-state index contributed by atoms with van der Waals surface area (Å²) in [6, 6.07) is 7.86. The number of carbonyl (C=O) groups excluding carboxylic acids is 1. The lowest BCUT2D eigenvalue weighted by Crippen LogP contribution is -2.21. The highest BCUT2D eigenvalue weighted by Gasteiger charge is 2.38. The number of nitrogens with one attached hydrogen (secondary N) is 1. The first-order valence-electron chi connectivity index (χ1n) is 10.6. The number of hydrogen-bond acceptors (Lipinski definition) is 6. The SMILES string of the molecule is COc1ccc(C(=O)Nc2ccc(OCCN)c(-c3c(Cl)cnn3C)c2)cc1C(F)(F)F.O=C(O)C(F)(F)F. The van der Waals surface area contributed by atoms with Gasteiger partial charge in [0.2, 0.25) is 0 Å². The third kappa shape index (κ3) is 8.25. The highest BCUT2D eigenvalue weighted by molar-refractivity contribution is 6.33. The molecule has 16 heteroatoms. The summed E-state index contributed by atoms with van der Waals surface area (Å²) < 4.78 is 83.5. The molecule has 0 fully saturated rings. The lowest BCUT2D eigenvalue weighted by molar-refractivity contribution is -0.192. The number of alkyl halides is 6. The summed E-state index contributed by atoms with van der Waals surface area (Å²) in [6.07, 6.45) is -8.29. The number of halogens is 7. The standard InChI is InChI=1S/C21H20ClF3N4O3.C2HF3O2/c1-29-19(16(22)11-27-29)14-10-13(4-6-17(14)32-8-7-26)28-20(30)12-3-5-18(31-2)15(9-12)21(23,24)25;3-2(4,5)1(6)7/h3-6,9-11H,7-8,26H2,1-2H3,(H,28,30);(H,6,7). The molecule has 1 amide bonds. The van der Waals surface area contributed by atoms with Gasteiger partial charge in [0.25, 0.3) is 5.91 Å². The van der Waals surface area contributed by atoms with Crippen LogP contribution in [0.5, 0.6) is 11.5 Å². The third-order valence-electron chi connectivity index (χ3n) is 4.77. The number of anilines is 1. The monoisotopic (exact) mass is 582 g/mol. The Kier molecular flexibility index (Phi) is 10.2. The van der Waals surface area contributed by atoms with Crippen molar-refractivity contribution in [1.29, 1.82) is 0 Å². The van der Waals surface area contributed by atoms with Crippen molar-refractivity contribution >= 4 is 29.2 Å². The van der Waals surface area contributed by atoms with Crippen LogP contribution in [0.3, 0.4) is 0 Å². The summed E-state index contributed by atoms with van der Waals surface area (Å²) >= 11 is 6.26. The largest absolute Gasteiger partial charge is 0.496 e. The van der Waals surface area contributed by atoms with Crippen LogP contribution in [-0.4, -0.2) is 53.2 Å². The number of carbonyl (C=O) groups is 2. The van der Waals surface area contributed by atoms with Gasteiger partial charge in [0, 0.05) is 30.4 Å². The zero-order valence-corrected chi connectivity index (χ0v) is 20.9. The Hall–Kier alpha value is -3.98. The minimum Gasteiger partial charge on any atom is -0.496 e. The summed E-state index contributed by atoms with van der Waals surface area (Å²) in [5.41, 5.74) is 5.69. The van der Waals surface area contributed by atoms with Crippen molar-refractivity contribution in [3.8, 4) is 22.8 Å². The van der Waals surface area contributed by atoms with E-state index in [2.05, 4.69) is 10.4 Å². The van der Waals surface area contributed by atoms with Gasteiger partial charge in [-0.25, -0.2) is 4.79 Å². The second-order valence-corrected chi connectivity index (χ2v) is 7.89. The van der Waals surface area contributed by atoms with Crippen LogP contribution in [0.4, 0.5) is 32.0 Å². The summed E-state index contributed by atoms with van der Waals surface area (Å²) in [5, 5.41) is 14.2. The Bertz CT molecular complexity index is 1310. The predicted molar refractivity (Wildman–Crippen MR) is 128 cm³/mol. The fourth-order valence-electron chi connectivity index (χ4n) is 3.08. The van der Waals surface area contributed by atoms with Gasteiger partial charge in [-0.2, -0.15) is 31.4 Å². The molecule has 4 N–H and O–H groups in total. The number of carboxylic acid groups (broad SMARTS) is 1. The average molecular weight is 583 g/mol. The molecule has 0 aliphatic rings. The number of aryl methyl sites for hydroxylation is 1. The number of hydrogen-bond donors (Lipinski definition) is 3. The molecule has 0 spiro atoms. The van der Waals surface area contributed by atoms with Gasteiger partial charge in [-0.3, -0.25) is 9.48 Å². The van der Waals surface area contributed by atoms with Gasteiger partial charge in [-0.05, 0) is 36.4 Å². The second-order valence-electron chi connectivity index (χ2n) is 7.48. The lowest BCUT2D eigenvalue weighted by Gasteiger charge is -2.15. The van der Waals surface area contributed by atoms with E-state index in [0.29, 0.717) is 27.7 Å². The van der Waals surface area contributed by atoms with Crippen molar-refractivity contribution in [2.24, 2.45) is 12.8 Å². The van der Waals surface area contributed by atoms with Crippen LogP contribution in [0, 0.1) is 0 Å². The van der Waals surface area contributed by atoms with Crippen molar-refractivity contribution in [3.63, 3.8) is 0 Å². The number of nitrogens with zero attached hydrogens (tertiary/aromatic N) is 2. The normalized spacial score (nSPS) is 11.3. The Morgan fingerprint density at radius 3 is 2.21 bits per heavy atom. The highest BCUT2D eigenvalue weighted by atomic mass is 35.5. The quantitative estimate of drug-likeness (QED) is 0.335. The van der Waals surface area contributed by atoms with E-state index >= 15 is 0 Å². The predicted octanol–water partition coefficient (Wildman–Crippen LogP) is 4.99. The number of carboxylic acids is 1. The van der Waals surface area contributed by atoms with Gasteiger partial charge < -0.3 is 25.6 Å². The van der Waals surface area contributed by atoms with Crippen LogP contribution < -0.4 is 20.5 Å². The van der Waals surface area contributed by atoms with Gasteiger partial charge >= 0.3 is 18.3 Å². The van der Waals surface area contributed by atoms with Crippen molar-refractivity contribution in [2.45, 2.75) is 12.4 Å². The lowest BCUT2D eigenvalue weighted by atomic mass is 10.1. The van der Waals surface area contributed by atoms with Gasteiger partial charge in [0.15, 0.2) is 0 Å². The molecule has 9 nitrogen and oxygen atoms in total. The molecule has 0 atom stereocenters. The Morgan fingerprint density at radius 2 is 1.72 bits per heavy atom. The minimum atomic E-state index is -5.08. The van der Waals surface area contributed by atoms with Crippen molar-refractivity contribution in [1.82, 2.24) is 9.78 Å². The van der Waals surface area contributed by atoms with Crippen molar-refractivity contribution in [3.05, 3.63) is 58.7 Å². The summed E-state index contributed by atoms with van der Waals surface area (Å²) in [6.45, 7) is 0.538. The number of amides is 1. The van der Waals surface area contributed by atoms with E-state index in [1.54, 1.807) is 25.2 Å². The maximum atomic E-state index is 13.3. The number of aliphatic carboxylic acids is 1. The number of rotatable bonds is 7. The summed E-state index contributed by atoms with van der Waals surface area (Å²) in [4.78, 5) is 21.6. The summed E-state index contributed by atoms with van der Waals surface area (Å²) in [7, 11) is 2.82. The molecule has 0 radical (unpaired) electrons. The molecule has 39 heavy (non-hydrogen) atoms. The van der Waals surface area contributed by atoms with Gasteiger partial charge in [0.05, 0.1) is 29.6 Å². The van der Waals surface area contributed by atoms with E-state index < -0.39 is 29.8 Å². The fraction of sp³-hybridized carbons (Fsp3) is 0.261. The van der Waals surface area contributed by atoms with Crippen molar-refractivity contribution < 1.29 is 50.5 Å². The maximum Gasteiger partial charge on any atom is 0.490 e. The molecule has 0 unspecified atom stereocenters. The molecule has 1 heterocycles. The molecule has 3 aromatic rings. The van der Waals surface area contributed by atoms with E-state index in [4.69, 9.17) is 36.7 Å². The van der Waals surface area contributed by atoms with E-state index in [9.17, 15) is 31.1 Å². The van der Waals surface area contributed by atoms with Crippen LogP contribution >= 0.6 is 11.6 Å². The second kappa shape index (κ2) is 12.7. The number of methoxy groups -OCH3 is 1. The molecule has 212 valence electrons. The third-order valence-corrected chi connectivity index (χ3v) is 5.05. The number of nitrogens with two attached hydrogens (primary N) is 1. The zero-order valence-electron chi connectivity index (χ0n) is 20.2. The van der Waals surface area contributed by atoms with Crippen LogP contribution in [0.15, 0.2) is 42.6 Å². The maximum absolute atomic E-state index is 13.3. The summed E-state index contributed by atoms with van der Waals surface area (Å²) in [5.74, 6) is -3.39. The molecule has 0 saturated carbocycles. The number of aromatic nitrogens is 2. The van der Waals surface area contributed by atoms with Gasteiger partial charge in [-0.1, -0.05) is 11.6 Å². The first-order chi connectivity index (χ1) is 18.1. The van der Waals surface area contributed by atoms with Crippen molar-refractivity contribution in [2.75, 3.05) is 25.6 Å². The first kappa shape index (κ1) is 31.2. The van der Waals surface area contributed by atoms with Crippen LogP contribution in [0.25, 0.3) is 11.3 Å². The molecule has 2 aromatic carbocycles. The molecule has 1 aromatic heterocycles. The van der Waals surface area contributed by atoms with E-state index in [-0.39, 0.29) is 24.5 Å². The number of ether oxygens (including phenoxy) is 2. The molecular weight excluding hydrogens is 562 g/mol. The fourth-order valence-corrected chi connectivity index (χ4v) is 3.34. The Morgan fingerprint density at radius 1 is 1.10 bits per heavy atom. The van der Waals surface area contributed by atoms with Crippen LogP contribution in [-0.2, 0) is 18.0 Å². The number of benzene rings is 2.